The quantitative estimate of drug-likeness (QED) is 0.626. The lowest BCUT2D eigenvalue weighted by atomic mass is 9.99. The van der Waals surface area contributed by atoms with E-state index in [0.29, 0.717) is 6.04 Å². The lowest BCUT2D eigenvalue weighted by Crippen LogP contribution is -2.31. The SMILES string of the molecule is C=C1NCC2CN(C(C)C)CC12. The third kappa shape index (κ3) is 1.14. The molecule has 2 aliphatic heterocycles. The van der Waals surface area contributed by atoms with E-state index in [2.05, 4.69) is 30.6 Å². The van der Waals surface area contributed by atoms with Gasteiger partial charge in [-0.15, -0.1) is 0 Å². The summed E-state index contributed by atoms with van der Waals surface area (Å²) in [7, 11) is 0. The Hall–Kier alpha value is -0.500. The first kappa shape index (κ1) is 8.11. The maximum absolute atomic E-state index is 4.05. The summed E-state index contributed by atoms with van der Waals surface area (Å²) < 4.78 is 0. The van der Waals surface area contributed by atoms with Crippen molar-refractivity contribution in [2.75, 3.05) is 19.6 Å². The molecular formula is C10H18N2. The van der Waals surface area contributed by atoms with Gasteiger partial charge in [-0.05, 0) is 19.8 Å². The van der Waals surface area contributed by atoms with Crippen LogP contribution in [0.15, 0.2) is 12.3 Å². The molecule has 2 nitrogen and oxygen atoms in total. The van der Waals surface area contributed by atoms with Gasteiger partial charge in [0.1, 0.15) is 0 Å². The van der Waals surface area contributed by atoms with Crippen LogP contribution in [0.3, 0.4) is 0 Å². The van der Waals surface area contributed by atoms with Crippen molar-refractivity contribution in [1.29, 1.82) is 0 Å². The van der Waals surface area contributed by atoms with Gasteiger partial charge in [0.15, 0.2) is 0 Å². The average Bonchev–Trinajstić information content (AvgIpc) is 2.53. The van der Waals surface area contributed by atoms with Gasteiger partial charge in [-0.25, -0.2) is 0 Å². The molecule has 1 N–H and O–H groups in total. The van der Waals surface area contributed by atoms with Gasteiger partial charge < -0.3 is 5.32 Å². The minimum absolute atomic E-state index is 0.698. The number of fused-ring (bicyclic) bond motifs is 1. The van der Waals surface area contributed by atoms with Crippen molar-refractivity contribution in [2.24, 2.45) is 11.8 Å². The Bertz CT molecular complexity index is 198. The molecule has 0 amide bonds. The minimum atomic E-state index is 0.698. The van der Waals surface area contributed by atoms with Gasteiger partial charge in [0.2, 0.25) is 0 Å². The second-order valence-corrected chi connectivity index (χ2v) is 4.32. The Morgan fingerprint density at radius 1 is 1.50 bits per heavy atom. The van der Waals surface area contributed by atoms with E-state index in [4.69, 9.17) is 0 Å². The van der Waals surface area contributed by atoms with Crippen molar-refractivity contribution in [3.8, 4) is 0 Å². The van der Waals surface area contributed by atoms with Gasteiger partial charge in [-0.3, -0.25) is 4.90 Å². The second-order valence-electron chi connectivity index (χ2n) is 4.32. The zero-order valence-electron chi connectivity index (χ0n) is 8.01. The molecule has 2 rings (SSSR count). The molecule has 0 aromatic rings. The standard InChI is InChI=1S/C10H18N2/c1-7(2)12-5-9-4-11-8(3)10(9)6-12/h7,9-11H,3-6H2,1-2H3. The lowest BCUT2D eigenvalue weighted by molar-refractivity contribution is 0.259. The highest BCUT2D eigenvalue weighted by Crippen LogP contribution is 2.32. The van der Waals surface area contributed by atoms with Gasteiger partial charge >= 0.3 is 0 Å². The summed E-state index contributed by atoms with van der Waals surface area (Å²) in [6.45, 7) is 12.2. The molecule has 0 bridgehead atoms. The van der Waals surface area contributed by atoms with E-state index in [0.717, 1.165) is 18.4 Å². The number of rotatable bonds is 1. The first-order chi connectivity index (χ1) is 5.68. The number of hydrogen-bond donors (Lipinski definition) is 1. The highest BCUT2D eigenvalue weighted by Gasteiger charge is 2.38. The summed E-state index contributed by atoms with van der Waals surface area (Å²) in [5.41, 5.74) is 1.27. The summed E-state index contributed by atoms with van der Waals surface area (Å²) >= 11 is 0. The van der Waals surface area contributed by atoms with Crippen molar-refractivity contribution in [2.45, 2.75) is 19.9 Å². The first-order valence-corrected chi connectivity index (χ1v) is 4.85. The molecule has 0 radical (unpaired) electrons. The summed E-state index contributed by atoms with van der Waals surface area (Å²) in [5.74, 6) is 1.56. The van der Waals surface area contributed by atoms with Gasteiger partial charge in [0, 0.05) is 37.3 Å². The molecule has 0 aliphatic carbocycles. The molecule has 68 valence electrons. The summed E-state index contributed by atoms with van der Waals surface area (Å²) in [5, 5.41) is 3.36. The van der Waals surface area contributed by atoms with E-state index >= 15 is 0 Å². The third-order valence-electron chi connectivity index (χ3n) is 3.24. The molecule has 0 saturated carbocycles. The fraction of sp³-hybridized carbons (Fsp3) is 0.800. The zero-order chi connectivity index (χ0) is 8.72. The van der Waals surface area contributed by atoms with Crippen LogP contribution in [0.25, 0.3) is 0 Å². The topological polar surface area (TPSA) is 15.3 Å². The fourth-order valence-corrected chi connectivity index (χ4v) is 2.32. The number of likely N-dealkylation sites (tertiary alicyclic amines) is 1. The van der Waals surface area contributed by atoms with E-state index in [1.165, 1.54) is 18.8 Å². The molecule has 2 heteroatoms. The van der Waals surface area contributed by atoms with Crippen molar-refractivity contribution in [3.63, 3.8) is 0 Å². The highest BCUT2D eigenvalue weighted by molar-refractivity contribution is 5.12. The van der Waals surface area contributed by atoms with Crippen LogP contribution < -0.4 is 5.32 Å². The van der Waals surface area contributed by atoms with Crippen LogP contribution in [0.2, 0.25) is 0 Å². The fourth-order valence-electron chi connectivity index (χ4n) is 2.32. The van der Waals surface area contributed by atoms with Gasteiger partial charge in [0.25, 0.3) is 0 Å². The van der Waals surface area contributed by atoms with E-state index in [1.807, 2.05) is 0 Å². The molecule has 0 spiro atoms. The molecule has 12 heavy (non-hydrogen) atoms. The first-order valence-electron chi connectivity index (χ1n) is 4.85. The van der Waals surface area contributed by atoms with Crippen molar-refractivity contribution in [3.05, 3.63) is 12.3 Å². The van der Waals surface area contributed by atoms with Crippen molar-refractivity contribution in [1.82, 2.24) is 10.2 Å². The normalized spacial score (nSPS) is 35.8. The lowest BCUT2D eigenvalue weighted by Gasteiger charge is -2.21. The number of nitrogens with zero attached hydrogens (tertiary/aromatic N) is 1. The minimum Gasteiger partial charge on any atom is -0.388 e. The van der Waals surface area contributed by atoms with Crippen molar-refractivity contribution >= 4 is 0 Å². The molecule has 2 heterocycles. The van der Waals surface area contributed by atoms with Crippen LogP contribution >= 0.6 is 0 Å². The van der Waals surface area contributed by atoms with Crippen molar-refractivity contribution < 1.29 is 0 Å². The summed E-state index contributed by atoms with van der Waals surface area (Å²) in [6, 6.07) is 0.698. The van der Waals surface area contributed by atoms with Crippen LogP contribution in [0, 0.1) is 11.8 Å². The Balaban J connectivity index is 2.03. The van der Waals surface area contributed by atoms with E-state index in [1.54, 1.807) is 0 Å². The van der Waals surface area contributed by atoms with Crippen LogP contribution in [-0.4, -0.2) is 30.6 Å². The number of hydrogen-bond acceptors (Lipinski definition) is 2. The molecule has 2 unspecified atom stereocenters. The largest absolute Gasteiger partial charge is 0.388 e. The Morgan fingerprint density at radius 3 is 2.83 bits per heavy atom. The zero-order valence-corrected chi connectivity index (χ0v) is 8.01. The van der Waals surface area contributed by atoms with Crippen LogP contribution in [0.1, 0.15) is 13.8 Å². The van der Waals surface area contributed by atoms with E-state index in [9.17, 15) is 0 Å². The van der Waals surface area contributed by atoms with E-state index < -0.39 is 0 Å². The molecule has 2 atom stereocenters. The smallest absolute Gasteiger partial charge is 0.0191 e. The van der Waals surface area contributed by atoms with Gasteiger partial charge in [-0.1, -0.05) is 6.58 Å². The predicted octanol–water partition coefficient (Wildman–Crippen LogP) is 1.06. The van der Waals surface area contributed by atoms with Crippen LogP contribution in [0.4, 0.5) is 0 Å². The molecule has 2 aliphatic rings. The maximum Gasteiger partial charge on any atom is 0.0191 e. The molecule has 2 saturated heterocycles. The highest BCUT2D eigenvalue weighted by atomic mass is 15.2. The molecule has 0 aromatic carbocycles. The molecular weight excluding hydrogens is 148 g/mol. The monoisotopic (exact) mass is 166 g/mol. The Kier molecular flexibility index (Phi) is 1.87. The predicted molar refractivity (Wildman–Crippen MR) is 50.8 cm³/mol. The Morgan fingerprint density at radius 2 is 2.25 bits per heavy atom. The summed E-state index contributed by atoms with van der Waals surface area (Å²) in [4.78, 5) is 2.56. The Labute approximate surface area is 74.6 Å². The van der Waals surface area contributed by atoms with Gasteiger partial charge in [0.05, 0.1) is 0 Å². The second kappa shape index (κ2) is 2.77. The molecule has 0 aromatic heterocycles. The van der Waals surface area contributed by atoms with Gasteiger partial charge in [-0.2, -0.15) is 0 Å². The third-order valence-corrected chi connectivity index (χ3v) is 3.24. The van der Waals surface area contributed by atoms with E-state index in [-0.39, 0.29) is 0 Å². The number of nitrogens with one attached hydrogen (secondary N) is 1. The van der Waals surface area contributed by atoms with Crippen LogP contribution in [0.5, 0.6) is 0 Å². The van der Waals surface area contributed by atoms with Crippen LogP contribution in [-0.2, 0) is 0 Å². The maximum atomic E-state index is 4.05. The average molecular weight is 166 g/mol. The molecule has 2 fully saturated rings. The summed E-state index contributed by atoms with van der Waals surface area (Å²) in [6.07, 6.45) is 0.